The predicted octanol–water partition coefficient (Wildman–Crippen LogP) is 0.799. The van der Waals surface area contributed by atoms with Gasteiger partial charge in [0.2, 0.25) is 0 Å². The minimum Gasteiger partial charge on any atom is -0.314 e. The minimum atomic E-state index is 0.778. The van der Waals surface area contributed by atoms with E-state index in [9.17, 15) is 0 Å². The van der Waals surface area contributed by atoms with Gasteiger partial charge in [0, 0.05) is 26.2 Å². The number of thiophene rings is 1. The lowest BCUT2D eigenvalue weighted by Gasteiger charge is -2.11. The molecule has 1 aromatic heterocycles. The van der Waals surface area contributed by atoms with Crippen LogP contribution in [0.25, 0.3) is 0 Å². The van der Waals surface area contributed by atoms with E-state index >= 15 is 0 Å². The molecule has 0 spiro atoms. The van der Waals surface area contributed by atoms with Crippen molar-refractivity contribution in [3.63, 3.8) is 0 Å². The van der Waals surface area contributed by atoms with E-state index in [4.69, 9.17) is 5.26 Å². The van der Waals surface area contributed by atoms with Gasteiger partial charge in [-0.2, -0.15) is 5.26 Å². The van der Waals surface area contributed by atoms with Crippen LogP contribution in [0.2, 0.25) is 0 Å². The Morgan fingerprint density at radius 1 is 1.23 bits per heavy atom. The van der Waals surface area contributed by atoms with Gasteiger partial charge in [-0.25, -0.2) is 0 Å². The van der Waals surface area contributed by atoms with Crippen molar-refractivity contribution in [3.05, 3.63) is 22.4 Å². The van der Waals surface area contributed by atoms with Gasteiger partial charge in [-0.05, 0) is 11.4 Å². The Bertz CT molecular complexity index is 235. The van der Waals surface area contributed by atoms with E-state index in [0.717, 1.165) is 31.1 Å². The third-order valence-electron chi connectivity index (χ3n) is 1.59. The number of hydrogen-bond donors (Lipinski definition) is 2. The summed E-state index contributed by atoms with van der Waals surface area (Å²) in [5, 5.41) is 16.5. The van der Waals surface area contributed by atoms with Gasteiger partial charge in [0.15, 0.2) is 0 Å². The zero-order valence-electron chi connectivity index (χ0n) is 7.42. The number of nitriles is 1. The topological polar surface area (TPSA) is 47.8 Å². The maximum atomic E-state index is 8.19. The first-order valence-corrected chi connectivity index (χ1v) is 5.16. The quantitative estimate of drug-likeness (QED) is 0.643. The minimum absolute atomic E-state index is 0.778. The molecule has 1 saturated heterocycles. The van der Waals surface area contributed by atoms with Crippen molar-refractivity contribution in [2.45, 2.75) is 0 Å². The van der Waals surface area contributed by atoms with Crippen molar-refractivity contribution < 1.29 is 0 Å². The van der Waals surface area contributed by atoms with E-state index < -0.39 is 0 Å². The summed E-state index contributed by atoms with van der Waals surface area (Å²) >= 11 is 1.46. The fourth-order valence-corrected chi connectivity index (χ4v) is 1.46. The van der Waals surface area contributed by atoms with E-state index in [-0.39, 0.29) is 0 Å². The summed E-state index contributed by atoms with van der Waals surface area (Å²) in [6, 6.07) is 5.69. The summed E-state index contributed by atoms with van der Waals surface area (Å²) in [4.78, 5) is 0.778. The highest BCUT2D eigenvalue weighted by Crippen LogP contribution is 2.04. The van der Waals surface area contributed by atoms with Gasteiger partial charge in [0.25, 0.3) is 0 Å². The zero-order chi connectivity index (χ0) is 9.36. The molecule has 0 unspecified atom stereocenters. The lowest BCUT2D eigenvalue weighted by molar-refractivity contribution is 0.534. The molecule has 0 amide bonds. The van der Waals surface area contributed by atoms with Crippen LogP contribution in [0.5, 0.6) is 0 Å². The Kier molecular flexibility index (Phi) is 5.18. The highest BCUT2D eigenvalue weighted by Gasteiger charge is 1.91. The molecule has 2 rings (SSSR count). The maximum absolute atomic E-state index is 8.19. The molecule has 70 valence electrons. The molecule has 1 aliphatic heterocycles. The van der Waals surface area contributed by atoms with Gasteiger partial charge in [-0.1, -0.05) is 6.07 Å². The molecule has 0 aromatic carbocycles. The second kappa shape index (κ2) is 6.61. The van der Waals surface area contributed by atoms with Gasteiger partial charge in [0.05, 0.1) is 0 Å². The summed E-state index contributed by atoms with van der Waals surface area (Å²) < 4.78 is 0. The van der Waals surface area contributed by atoms with Crippen LogP contribution in [0.1, 0.15) is 4.88 Å². The third-order valence-corrected chi connectivity index (χ3v) is 2.36. The van der Waals surface area contributed by atoms with Crippen LogP contribution in [0.3, 0.4) is 0 Å². The number of nitrogens with one attached hydrogen (secondary N) is 2. The van der Waals surface area contributed by atoms with Crippen molar-refractivity contribution in [1.29, 1.82) is 5.26 Å². The van der Waals surface area contributed by atoms with Crippen molar-refractivity contribution >= 4 is 11.3 Å². The molecule has 0 aliphatic carbocycles. The monoisotopic (exact) mass is 195 g/mol. The van der Waals surface area contributed by atoms with Crippen molar-refractivity contribution in [1.82, 2.24) is 10.6 Å². The maximum Gasteiger partial charge on any atom is 0.110 e. The van der Waals surface area contributed by atoms with Gasteiger partial charge in [-0.3, -0.25) is 0 Å². The molecule has 1 fully saturated rings. The van der Waals surface area contributed by atoms with Crippen LogP contribution < -0.4 is 10.6 Å². The molecule has 2 heterocycles. The van der Waals surface area contributed by atoms with E-state index in [1.165, 1.54) is 11.3 Å². The van der Waals surface area contributed by atoms with Crippen molar-refractivity contribution in [2.75, 3.05) is 26.2 Å². The van der Waals surface area contributed by atoms with Crippen LogP contribution >= 0.6 is 11.3 Å². The summed E-state index contributed by atoms with van der Waals surface area (Å²) in [5.41, 5.74) is 0. The fourth-order valence-electron chi connectivity index (χ4n) is 0.946. The molecule has 3 nitrogen and oxygen atoms in total. The molecule has 2 N–H and O–H groups in total. The fraction of sp³-hybridized carbons (Fsp3) is 0.444. The number of nitrogens with zero attached hydrogens (tertiary/aromatic N) is 1. The highest BCUT2D eigenvalue weighted by molar-refractivity contribution is 7.10. The largest absolute Gasteiger partial charge is 0.314 e. The lowest BCUT2D eigenvalue weighted by Crippen LogP contribution is -2.39. The first-order valence-electron chi connectivity index (χ1n) is 4.28. The summed E-state index contributed by atoms with van der Waals surface area (Å²) in [6.07, 6.45) is 0. The molecule has 1 aromatic rings. The summed E-state index contributed by atoms with van der Waals surface area (Å²) in [7, 11) is 0. The van der Waals surface area contributed by atoms with Gasteiger partial charge in [0.1, 0.15) is 10.9 Å². The Balaban J connectivity index is 0.000000132. The lowest BCUT2D eigenvalue weighted by atomic mass is 10.4. The average molecular weight is 195 g/mol. The molecule has 0 saturated carbocycles. The van der Waals surface area contributed by atoms with E-state index in [1.807, 2.05) is 17.5 Å². The number of rotatable bonds is 0. The Morgan fingerprint density at radius 2 is 1.85 bits per heavy atom. The second-order valence-electron chi connectivity index (χ2n) is 2.59. The Labute approximate surface area is 82.4 Å². The van der Waals surface area contributed by atoms with Crippen LogP contribution in [0.15, 0.2) is 17.5 Å². The van der Waals surface area contributed by atoms with Gasteiger partial charge < -0.3 is 10.6 Å². The first-order chi connectivity index (χ1) is 6.43. The number of piperazine rings is 1. The predicted molar refractivity (Wildman–Crippen MR) is 54.8 cm³/mol. The first kappa shape index (κ1) is 10.2. The molecule has 1 aliphatic rings. The average Bonchev–Trinajstić information content (AvgIpc) is 2.74. The zero-order valence-corrected chi connectivity index (χ0v) is 8.23. The molecule has 13 heavy (non-hydrogen) atoms. The SMILES string of the molecule is C1CNCCN1.N#Cc1cccs1. The standard InChI is InChI=1S/C5H3NS.C4H10N2/c6-4-5-2-1-3-7-5;1-2-6-4-3-5-1/h1-3H;5-6H,1-4H2. The molecule has 4 heteroatoms. The molecular formula is C9H13N3S. The highest BCUT2D eigenvalue weighted by atomic mass is 32.1. The van der Waals surface area contributed by atoms with Gasteiger partial charge in [-0.15, -0.1) is 11.3 Å². The Morgan fingerprint density at radius 3 is 2.08 bits per heavy atom. The van der Waals surface area contributed by atoms with Crippen molar-refractivity contribution in [2.24, 2.45) is 0 Å². The molecule has 0 atom stereocenters. The normalized spacial score (nSPS) is 15.3. The van der Waals surface area contributed by atoms with Crippen LogP contribution in [-0.4, -0.2) is 26.2 Å². The van der Waals surface area contributed by atoms with Crippen LogP contribution in [0.4, 0.5) is 0 Å². The number of hydrogen-bond acceptors (Lipinski definition) is 4. The molecular weight excluding hydrogens is 182 g/mol. The van der Waals surface area contributed by atoms with Crippen LogP contribution in [-0.2, 0) is 0 Å². The summed E-state index contributed by atoms with van der Waals surface area (Å²) in [6.45, 7) is 4.56. The van der Waals surface area contributed by atoms with E-state index in [1.54, 1.807) is 6.07 Å². The van der Waals surface area contributed by atoms with E-state index in [2.05, 4.69) is 10.6 Å². The van der Waals surface area contributed by atoms with Crippen LogP contribution in [0, 0.1) is 11.3 Å². The van der Waals surface area contributed by atoms with Gasteiger partial charge >= 0.3 is 0 Å². The Hall–Kier alpha value is -0.890. The second-order valence-corrected chi connectivity index (χ2v) is 3.54. The third kappa shape index (κ3) is 4.63. The summed E-state index contributed by atoms with van der Waals surface area (Å²) in [5.74, 6) is 0. The van der Waals surface area contributed by atoms with E-state index in [0.29, 0.717) is 0 Å². The van der Waals surface area contributed by atoms with Crippen molar-refractivity contribution in [3.8, 4) is 6.07 Å². The molecule has 0 bridgehead atoms. The smallest absolute Gasteiger partial charge is 0.110 e. The molecule has 0 radical (unpaired) electrons.